The first-order valence-corrected chi connectivity index (χ1v) is 52.8. The molecule has 3 fully saturated rings. The first-order valence-electron chi connectivity index (χ1n) is 43.7. The van der Waals surface area contributed by atoms with Crippen molar-refractivity contribution in [3.05, 3.63) is 260 Å². The molecule has 12 aromatic rings. The minimum Gasteiger partial charge on any atom is -0.867 e. The van der Waals surface area contributed by atoms with Gasteiger partial charge in [0.25, 0.3) is 34.0 Å². The Kier molecular flexibility index (Phi) is 45.6. The number of halogens is 9. The summed E-state index contributed by atoms with van der Waals surface area (Å²) in [7, 11) is -7.87. The molecule has 778 valence electrons. The second kappa shape index (κ2) is 54.1. The number of nitrogens with two attached hydrogens (primary N) is 2. The number of ether oxygens (including phenoxy) is 5. The van der Waals surface area contributed by atoms with Gasteiger partial charge in [-0.25, -0.2) is 59.2 Å². The van der Waals surface area contributed by atoms with E-state index in [0.29, 0.717) is 89.9 Å². The molecule has 7 aromatic heterocycles. The number of benzene rings is 5. The van der Waals surface area contributed by atoms with E-state index in [0.717, 1.165) is 22.1 Å². The molecule has 0 atom stereocenters. The number of aromatic amines is 5. The van der Waals surface area contributed by atoms with Crippen LogP contribution in [0, 0.1) is 6.08 Å². The van der Waals surface area contributed by atoms with Crippen LogP contribution in [-0.4, -0.2) is 199 Å². The average molecular weight is 2360 g/mol. The Labute approximate surface area is 922 Å². The van der Waals surface area contributed by atoms with Gasteiger partial charge in [0.2, 0.25) is 5.56 Å². The number of carbonyl (C=O) groups is 5. The van der Waals surface area contributed by atoms with E-state index in [2.05, 4.69) is 113 Å². The summed E-state index contributed by atoms with van der Waals surface area (Å²) < 4.78 is 137. The summed E-state index contributed by atoms with van der Waals surface area (Å²) in [6.45, 7) is 33.6. The summed E-state index contributed by atoms with van der Waals surface area (Å²) in [6, 6.07) is 36.3. The van der Waals surface area contributed by atoms with Gasteiger partial charge in [-0.1, -0.05) is 107 Å². The first kappa shape index (κ1) is 124. The van der Waals surface area contributed by atoms with Gasteiger partial charge in [-0.15, -0.1) is 0 Å². The fraction of sp³-hybridized carbons (Fsp3) is 0.304. The molecule has 55 heteroatoms. The minimum atomic E-state index is -3.86. The molecule has 0 spiro atoms. The summed E-state index contributed by atoms with van der Waals surface area (Å²) in [6.07, 6.45) is 11.9. The third-order valence-corrected chi connectivity index (χ3v) is 29.3. The van der Waals surface area contributed by atoms with E-state index in [4.69, 9.17) is 134 Å². The SMILES string of the molecule is CC1(C)OB(c2ccc(N)cc2)OC1(C)C.CC1(C)OB(c2ccc(NS(=O)(=O)c3cccc(Cl)c3Cl)cc2)OC1(C)C.CC1(C)OB(c2ccc(NS(=O)(=O)c3cccc(Cl)c3Cl)cc2)OC1(C)C.CCOC(=O)/C=C(/[O-])C(=O)OCC.CCOC(=O)c1cc(=O)[nH]c2[nH]ncc12.CCOC(=O)c1cc(Br)nc2[nH]ncc12.CCOC(=O)c1cc(Br)nc2[nH]ncc12.Nc1ccn[nH]1.O=S(=O)(Cl)C1=[C+]C=CC(Cl)=C1Cl.[Na+]. The van der Waals surface area contributed by atoms with Gasteiger partial charge in [-0.3, -0.25) is 34.6 Å². The average Bonchev–Trinajstić information content (AvgIpc) is 1.62. The van der Waals surface area contributed by atoms with E-state index >= 15 is 0 Å². The van der Waals surface area contributed by atoms with Gasteiger partial charge in [-0.2, -0.15) is 20.4 Å². The quantitative estimate of drug-likeness (QED) is 0.00394. The Morgan fingerprint density at radius 3 is 1.19 bits per heavy atom. The zero-order valence-electron chi connectivity index (χ0n) is 82.3. The van der Waals surface area contributed by atoms with Gasteiger partial charge in [0.05, 0.1) is 157 Å². The summed E-state index contributed by atoms with van der Waals surface area (Å²) in [5.74, 6) is -3.53. The Morgan fingerprint density at radius 1 is 0.490 bits per heavy atom. The summed E-state index contributed by atoms with van der Waals surface area (Å²) in [5, 5.41) is 38.5. The monoisotopic (exact) mass is 2350 g/mol. The van der Waals surface area contributed by atoms with E-state index in [1.165, 1.54) is 60.8 Å². The first-order chi connectivity index (χ1) is 68.3. The van der Waals surface area contributed by atoms with E-state index < -0.39 is 89.4 Å². The van der Waals surface area contributed by atoms with E-state index in [-0.39, 0.29) is 136 Å². The summed E-state index contributed by atoms with van der Waals surface area (Å²) >= 11 is 41.4. The van der Waals surface area contributed by atoms with Crippen LogP contribution < -0.4 is 77.5 Å². The number of nitrogen functional groups attached to an aromatic ring is 2. The molecule has 5 aromatic carbocycles. The molecule has 11 N–H and O–H groups in total. The topological polar surface area (TPSA) is 562 Å². The van der Waals surface area contributed by atoms with Crippen molar-refractivity contribution in [2.75, 3.05) is 53.9 Å². The Hall–Kier alpha value is -10.0. The van der Waals surface area contributed by atoms with Crippen molar-refractivity contribution in [2.45, 2.75) is 161 Å². The van der Waals surface area contributed by atoms with Crippen molar-refractivity contribution in [1.82, 2.24) is 55.7 Å². The van der Waals surface area contributed by atoms with Gasteiger partial charge in [-0.05, 0) is 251 Å². The molecule has 0 unspecified atom stereocenters. The number of aromatic nitrogens is 11. The molecule has 3 saturated heterocycles. The summed E-state index contributed by atoms with van der Waals surface area (Å²) in [5.41, 5.74) is 14.9. The normalized spacial score (nSPS) is 15.2. The smallest absolute Gasteiger partial charge is 0.867 e. The molecule has 0 saturated carbocycles. The zero-order chi connectivity index (χ0) is 109. The predicted octanol–water partition coefficient (Wildman–Crippen LogP) is 12.8. The van der Waals surface area contributed by atoms with Crippen molar-refractivity contribution >= 4 is 265 Å². The number of nitrogens with one attached hydrogen (secondary N) is 7. The van der Waals surface area contributed by atoms with Crippen molar-refractivity contribution in [2.24, 2.45) is 0 Å². The van der Waals surface area contributed by atoms with Gasteiger partial charge >= 0.3 is 80.8 Å². The van der Waals surface area contributed by atoms with E-state index in [9.17, 15) is 59.1 Å². The maximum atomic E-state index is 12.6. The standard InChI is InChI=1S/2C18H20BCl2NO4S.C12H18BNO2.2C9H8BrN3O2.C9H9N3O3.C8H12O5.C6H2Cl3O2S.C3H5N3.Na/c2*1-17(2)18(3,4)26-19(25-17)12-8-10-13(11-9-12)22-27(23,24)15-7-5-6-14(20)16(15)21;1-11(2)12(3,4)16-13(15-11)9-5-7-10(14)8-6-9;2*1-2-15-9(14)5-3-7(10)12-8-6(5)4-11-13-8;1-2-15-9(14)5-3-7(13)11-8-6(5)4-10-12-8;1-3-12-7(10)5-6(9)8(11)13-4-2;7-4-2-1-3-5(6(4)8)12(9,10)11;4-3-1-2-5-6-3;/h2*5-11,22H,1-4H3;5-8H,14H2,1-4H3;2*3-4H,2H2,1H3,(H,11,12,13);3-4H,2H2,1H3,(H2,10,11,12,13);5,9H,3-4H2,1-2H3;1-2H;1-2H,(H3,4,5,6);/q;;;;;;;+1;;+1/p-1/b;;;;;;6-5+;;;. The Bertz CT molecular complexity index is 6900. The fourth-order valence-corrected chi connectivity index (χ4v) is 18.2. The number of sulfonamides is 2. The van der Waals surface area contributed by atoms with Crippen LogP contribution in [0.5, 0.6) is 0 Å². The van der Waals surface area contributed by atoms with Crippen LogP contribution in [0.1, 0.15) is 149 Å². The van der Waals surface area contributed by atoms with Gasteiger partial charge in [0, 0.05) is 51.5 Å². The van der Waals surface area contributed by atoms with Crippen molar-refractivity contribution in [3.8, 4) is 0 Å². The van der Waals surface area contributed by atoms with Crippen LogP contribution in [0.25, 0.3) is 33.1 Å². The van der Waals surface area contributed by atoms with E-state index in [1.807, 2.05) is 107 Å². The molecule has 3 aliphatic heterocycles. The van der Waals surface area contributed by atoms with Crippen molar-refractivity contribution in [1.29, 1.82) is 0 Å². The van der Waals surface area contributed by atoms with Crippen LogP contribution >= 0.6 is 112 Å². The minimum absolute atomic E-state index is 0. The number of allylic oxidation sites excluding steroid dienone is 5. The molecule has 10 heterocycles. The van der Waals surface area contributed by atoms with Crippen LogP contribution in [0.15, 0.2) is 221 Å². The third kappa shape index (κ3) is 34.2. The van der Waals surface area contributed by atoms with Crippen LogP contribution in [-0.2, 0) is 90.3 Å². The molecular formula is C92H101B3Br2Cl7N15NaO24S3+. The molecule has 0 amide bonds. The molecule has 4 aliphatic rings. The number of esters is 5. The number of hydrogen-bond acceptors (Lipinski definition) is 32. The Morgan fingerprint density at radius 2 is 0.850 bits per heavy atom. The number of rotatable bonds is 20. The molecule has 39 nitrogen and oxygen atoms in total. The fourth-order valence-electron chi connectivity index (χ4n) is 12.1. The van der Waals surface area contributed by atoms with Crippen molar-refractivity contribution in [3.63, 3.8) is 0 Å². The number of H-pyrrole nitrogens is 5. The van der Waals surface area contributed by atoms with Gasteiger partial charge in [0.1, 0.15) is 36.5 Å². The van der Waals surface area contributed by atoms with E-state index in [1.54, 1.807) is 120 Å². The number of pyridine rings is 3. The second-order valence-electron chi connectivity index (χ2n) is 33.5. The zero-order valence-corrected chi connectivity index (χ0v) is 95.2. The number of hydrogen-bond donors (Lipinski definition) is 9. The number of fused-ring (bicyclic) bond motifs is 3. The molecule has 147 heavy (non-hydrogen) atoms. The van der Waals surface area contributed by atoms with Crippen LogP contribution in [0.4, 0.5) is 22.9 Å². The second-order valence-corrected chi connectivity index (χ2v) is 43.3. The largest absolute Gasteiger partial charge is 1.00 e. The molecule has 0 bridgehead atoms. The molecular weight excluding hydrogens is 2260 g/mol. The predicted molar refractivity (Wildman–Crippen MR) is 567 cm³/mol. The summed E-state index contributed by atoms with van der Waals surface area (Å²) in [4.78, 5) is 77.5. The van der Waals surface area contributed by atoms with Crippen LogP contribution in [0.2, 0.25) is 20.1 Å². The third-order valence-electron chi connectivity index (χ3n) is 21.6. The van der Waals surface area contributed by atoms with Crippen molar-refractivity contribution < 1.29 is 136 Å². The Balaban J connectivity index is 0.000000229. The number of carbonyl (C=O) groups excluding carboxylic acids is 5. The maximum Gasteiger partial charge on any atom is 1.00 e. The maximum absolute atomic E-state index is 12.6. The molecule has 16 rings (SSSR count). The number of nitrogens with zero attached hydrogens (tertiary/aromatic N) is 6. The van der Waals surface area contributed by atoms with Crippen LogP contribution in [0.3, 0.4) is 0 Å². The number of anilines is 4. The van der Waals surface area contributed by atoms with Gasteiger partial charge < -0.3 is 73.2 Å². The van der Waals surface area contributed by atoms with Gasteiger partial charge in [0.15, 0.2) is 21.4 Å². The molecule has 0 radical (unpaired) electrons. The molecule has 1 aliphatic carbocycles.